The van der Waals surface area contributed by atoms with Gasteiger partial charge in [-0.3, -0.25) is 0 Å². The number of likely N-dealkylation sites (N-methyl/N-ethyl adjacent to an activating group) is 1. The molecule has 0 amide bonds. The van der Waals surface area contributed by atoms with Gasteiger partial charge in [0.2, 0.25) is 0 Å². The molecular formula is C13H24N6S2. The molecule has 21 heavy (non-hydrogen) atoms. The van der Waals surface area contributed by atoms with Crippen LogP contribution in [0.15, 0.2) is 5.38 Å². The Balaban J connectivity index is 0.000000235. The molecule has 0 bridgehead atoms. The Morgan fingerprint density at radius 1 is 1.38 bits per heavy atom. The summed E-state index contributed by atoms with van der Waals surface area (Å²) in [5.74, 6) is 1.83. The molecule has 0 saturated heterocycles. The zero-order chi connectivity index (χ0) is 15.7. The maximum Gasteiger partial charge on any atom is 0.161 e. The van der Waals surface area contributed by atoms with Gasteiger partial charge in [0.15, 0.2) is 5.82 Å². The minimum atomic E-state index is 0.857. The molecule has 2 rings (SSSR count). The normalized spacial score (nSPS) is 10.6. The third-order valence-electron chi connectivity index (χ3n) is 2.67. The lowest BCUT2D eigenvalue weighted by Crippen LogP contribution is -2.20. The number of thiazole rings is 1. The first-order valence-corrected chi connectivity index (χ1v) is 9.13. The Labute approximate surface area is 135 Å². The van der Waals surface area contributed by atoms with E-state index in [1.807, 2.05) is 32.0 Å². The topological polar surface area (TPSA) is 59.7 Å². The van der Waals surface area contributed by atoms with Crippen molar-refractivity contribution in [3.63, 3.8) is 0 Å². The number of nitrogens with zero attached hydrogens (tertiary/aromatic N) is 6. The molecule has 0 atom stereocenters. The van der Waals surface area contributed by atoms with Crippen molar-refractivity contribution in [3.05, 3.63) is 21.9 Å². The van der Waals surface area contributed by atoms with E-state index < -0.39 is 0 Å². The van der Waals surface area contributed by atoms with Crippen LogP contribution in [0.25, 0.3) is 0 Å². The summed E-state index contributed by atoms with van der Waals surface area (Å²) in [4.78, 5) is 6.36. The molecule has 0 aromatic carbocycles. The smallest absolute Gasteiger partial charge is 0.161 e. The third-order valence-corrected chi connectivity index (χ3v) is 4.04. The van der Waals surface area contributed by atoms with Crippen LogP contribution in [0.5, 0.6) is 0 Å². The number of hydrogen-bond acceptors (Lipinski definition) is 7. The second kappa shape index (κ2) is 9.86. The van der Waals surface area contributed by atoms with Gasteiger partial charge in [-0.1, -0.05) is 6.92 Å². The zero-order valence-corrected chi connectivity index (χ0v) is 15.0. The van der Waals surface area contributed by atoms with Crippen LogP contribution >= 0.6 is 23.1 Å². The Morgan fingerprint density at radius 2 is 2.14 bits per heavy atom. The van der Waals surface area contributed by atoms with Gasteiger partial charge in [-0.15, -0.1) is 16.4 Å². The highest BCUT2D eigenvalue weighted by atomic mass is 32.2. The number of aryl methyl sites for hydroxylation is 2. The SMILES string of the molecule is CCc1csc(C)n1.CSCc1nnnn1CCN(C)C. The summed E-state index contributed by atoms with van der Waals surface area (Å²) in [6.07, 6.45) is 3.11. The van der Waals surface area contributed by atoms with Crippen molar-refractivity contribution in [2.45, 2.75) is 32.6 Å². The molecule has 118 valence electrons. The molecular weight excluding hydrogens is 304 g/mol. The molecule has 2 heterocycles. The quantitative estimate of drug-likeness (QED) is 0.809. The van der Waals surface area contributed by atoms with Gasteiger partial charge in [-0.2, -0.15) is 11.8 Å². The van der Waals surface area contributed by atoms with Gasteiger partial charge >= 0.3 is 0 Å². The summed E-state index contributed by atoms with van der Waals surface area (Å²) in [6.45, 7) is 5.97. The van der Waals surface area contributed by atoms with Crippen molar-refractivity contribution in [2.75, 3.05) is 26.9 Å². The van der Waals surface area contributed by atoms with Crippen molar-refractivity contribution < 1.29 is 0 Å². The van der Waals surface area contributed by atoms with E-state index in [1.165, 1.54) is 10.7 Å². The number of thioether (sulfide) groups is 1. The van der Waals surface area contributed by atoms with E-state index in [-0.39, 0.29) is 0 Å². The third kappa shape index (κ3) is 7.01. The fourth-order valence-electron chi connectivity index (χ4n) is 1.49. The van der Waals surface area contributed by atoms with Crippen molar-refractivity contribution in [1.29, 1.82) is 0 Å². The van der Waals surface area contributed by atoms with Crippen LogP contribution in [0.2, 0.25) is 0 Å². The number of rotatable bonds is 6. The number of hydrogen-bond donors (Lipinski definition) is 0. The van der Waals surface area contributed by atoms with E-state index in [4.69, 9.17) is 0 Å². The Hall–Kier alpha value is -0.990. The minimum absolute atomic E-state index is 0.857. The van der Waals surface area contributed by atoms with Crippen LogP contribution in [0.4, 0.5) is 0 Å². The summed E-state index contributed by atoms with van der Waals surface area (Å²) in [5.41, 5.74) is 1.22. The minimum Gasteiger partial charge on any atom is -0.308 e. The van der Waals surface area contributed by atoms with Crippen LogP contribution in [-0.2, 0) is 18.7 Å². The lowest BCUT2D eigenvalue weighted by atomic mass is 10.4. The average molecular weight is 329 g/mol. The maximum absolute atomic E-state index is 4.25. The molecule has 0 aliphatic carbocycles. The van der Waals surface area contributed by atoms with Gasteiger partial charge < -0.3 is 4.90 Å². The van der Waals surface area contributed by atoms with E-state index in [0.29, 0.717) is 0 Å². The first kappa shape index (κ1) is 18.1. The molecule has 6 nitrogen and oxygen atoms in total. The summed E-state index contributed by atoms with van der Waals surface area (Å²) >= 11 is 3.45. The molecule has 0 fully saturated rings. The Morgan fingerprint density at radius 3 is 2.62 bits per heavy atom. The van der Waals surface area contributed by atoms with Gasteiger partial charge in [0.05, 0.1) is 23.0 Å². The predicted octanol–water partition coefficient (Wildman–Crippen LogP) is 2.11. The van der Waals surface area contributed by atoms with Gasteiger partial charge in [0, 0.05) is 11.9 Å². The van der Waals surface area contributed by atoms with E-state index in [2.05, 4.69) is 37.7 Å². The second-order valence-corrected chi connectivity index (χ2v) is 6.69. The van der Waals surface area contributed by atoms with Crippen LogP contribution in [0, 0.1) is 6.92 Å². The largest absolute Gasteiger partial charge is 0.308 e. The molecule has 8 heteroatoms. The maximum atomic E-state index is 4.25. The van der Waals surface area contributed by atoms with Crippen molar-refractivity contribution in [1.82, 2.24) is 30.1 Å². The monoisotopic (exact) mass is 328 g/mol. The van der Waals surface area contributed by atoms with Gasteiger partial charge in [0.25, 0.3) is 0 Å². The average Bonchev–Trinajstić information content (AvgIpc) is 3.06. The predicted molar refractivity (Wildman–Crippen MR) is 89.8 cm³/mol. The first-order chi connectivity index (χ1) is 10.1. The van der Waals surface area contributed by atoms with E-state index >= 15 is 0 Å². The van der Waals surface area contributed by atoms with Crippen molar-refractivity contribution in [2.24, 2.45) is 0 Å². The summed E-state index contributed by atoms with van der Waals surface area (Å²) < 4.78 is 1.86. The lowest BCUT2D eigenvalue weighted by Gasteiger charge is -2.09. The number of aromatic nitrogens is 5. The van der Waals surface area contributed by atoms with Gasteiger partial charge in [-0.25, -0.2) is 9.67 Å². The molecule has 2 aromatic rings. The molecule has 2 aromatic heterocycles. The highest BCUT2D eigenvalue weighted by molar-refractivity contribution is 7.97. The van der Waals surface area contributed by atoms with E-state index in [9.17, 15) is 0 Å². The summed E-state index contributed by atoms with van der Waals surface area (Å²) in [6, 6.07) is 0. The fourth-order valence-corrected chi connectivity index (χ4v) is 2.66. The molecule has 0 unspecified atom stereocenters. The zero-order valence-electron chi connectivity index (χ0n) is 13.4. The van der Waals surface area contributed by atoms with Crippen molar-refractivity contribution in [3.8, 4) is 0 Å². The highest BCUT2D eigenvalue weighted by Gasteiger charge is 2.04. The van der Waals surface area contributed by atoms with Crippen LogP contribution in [0.1, 0.15) is 23.4 Å². The second-order valence-electron chi connectivity index (χ2n) is 4.77. The Kier molecular flexibility index (Phi) is 8.48. The summed E-state index contributed by atoms with van der Waals surface area (Å²) in [7, 11) is 4.08. The molecule has 0 aliphatic heterocycles. The molecule has 0 radical (unpaired) electrons. The molecule has 0 aliphatic rings. The van der Waals surface area contributed by atoms with Crippen LogP contribution in [0.3, 0.4) is 0 Å². The highest BCUT2D eigenvalue weighted by Crippen LogP contribution is 2.07. The van der Waals surface area contributed by atoms with E-state index in [0.717, 1.165) is 31.1 Å². The van der Waals surface area contributed by atoms with Gasteiger partial charge in [0.1, 0.15) is 0 Å². The Bertz CT molecular complexity index is 508. The lowest BCUT2D eigenvalue weighted by molar-refractivity contribution is 0.368. The number of tetrazole rings is 1. The van der Waals surface area contributed by atoms with Crippen LogP contribution < -0.4 is 0 Å². The summed E-state index contributed by atoms with van der Waals surface area (Å²) in [5, 5.41) is 14.8. The first-order valence-electron chi connectivity index (χ1n) is 6.86. The van der Waals surface area contributed by atoms with E-state index in [1.54, 1.807) is 23.1 Å². The van der Waals surface area contributed by atoms with Crippen LogP contribution in [-0.4, -0.2) is 57.0 Å². The fraction of sp³-hybridized carbons (Fsp3) is 0.692. The van der Waals surface area contributed by atoms with Gasteiger partial charge in [-0.05, 0) is 44.1 Å². The molecule has 0 N–H and O–H groups in total. The molecule has 0 spiro atoms. The molecule has 0 saturated carbocycles. The standard InChI is InChI=1S/C7H15N5S.C6H9NS/c1-11(2)4-5-12-7(6-13-3)8-9-10-12;1-3-6-4-8-5(2)7-6/h4-6H2,1-3H3;4H,3H2,1-2H3. The van der Waals surface area contributed by atoms with Crippen molar-refractivity contribution >= 4 is 23.1 Å².